The van der Waals surface area contributed by atoms with Gasteiger partial charge in [-0.05, 0) is 38.3 Å². The third-order valence-electron chi connectivity index (χ3n) is 4.62. The lowest BCUT2D eigenvalue weighted by Crippen LogP contribution is -2.30. The van der Waals surface area contributed by atoms with Gasteiger partial charge in [-0.3, -0.25) is 4.99 Å². The first-order chi connectivity index (χ1) is 9.59. The number of fused-ring (bicyclic) bond motifs is 3. The molecule has 1 aromatic heterocycles. The molecule has 1 N–H and O–H groups in total. The molecule has 3 rings (SSSR count). The summed E-state index contributed by atoms with van der Waals surface area (Å²) in [6, 6.07) is 6.62. The van der Waals surface area contributed by atoms with Gasteiger partial charge in [-0.15, -0.1) is 6.58 Å². The Morgan fingerprint density at radius 3 is 2.95 bits per heavy atom. The van der Waals surface area contributed by atoms with Gasteiger partial charge in [0.2, 0.25) is 0 Å². The summed E-state index contributed by atoms with van der Waals surface area (Å²) in [7, 11) is 1.91. The number of aliphatic imine (C=N–C) groups is 1. The predicted octanol–water partition coefficient (Wildman–Crippen LogP) is 4.52. The molecule has 0 bridgehead atoms. The molecule has 0 aliphatic heterocycles. The van der Waals surface area contributed by atoms with Gasteiger partial charge in [0.05, 0.1) is 0 Å². The van der Waals surface area contributed by atoms with Crippen molar-refractivity contribution in [3.63, 3.8) is 0 Å². The van der Waals surface area contributed by atoms with Crippen molar-refractivity contribution < 1.29 is 0 Å². The monoisotopic (exact) mass is 266 g/mol. The molecule has 0 fully saturated rings. The van der Waals surface area contributed by atoms with Gasteiger partial charge in [0.15, 0.2) is 0 Å². The minimum absolute atomic E-state index is 0.151. The Hall–Kier alpha value is -1.83. The van der Waals surface area contributed by atoms with E-state index in [0.29, 0.717) is 0 Å². The minimum atomic E-state index is 0.151. The first kappa shape index (κ1) is 13.2. The SMILES string of the molecule is C=CCC1(C)CC/C(=N\C)c2c1[nH]c1ccc(C)cc21. The number of hydrogen-bond donors (Lipinski definition) is 1. The zero-order valence-electron chi connectivity index (χ0n) is 12.6. The van der Waals surface area contributed by atoms with Crippen LogP contribution in [-0.2, 0) is 5.41 Å². The zero-order valence-corrected chi connectivity index (χ0v) is 12.6. The van der Waals surface area contributed by atoms with Crippen molar-refractivity contribution in [3.8, 4) is 0 Å². The number of rotatable bonds is 2. The molecular formula is C18H22N2. The molecule has 1 aromatic carbocycles. The number of nitrogens with one attached hydrogen (secondary N) is 1. The van der Waals surface area contributed by atoms with E-state index < -0.39 is 0 Å². The van der Waals surface area contributed by atoms with Crippen LogP contribution in [0.4, 0.5) is 0 Å². The highest BCUT2D eigenvalue weighted by molar-refractivity contribution is 6.13. The maximum atomic E-state index is 4.54. The van der Waals surface area contributed by atoms with Crippen LogP contribution in [0.3, 0.4) is 0 Å². The normalized spacial score (nSPS) is 24.1. The van der Waals surface area contributed by atoms with Gasteiger partial charge < -0.3 is 4.98 Å². The van der Waals surface area contributed by atoms with Gasteiger partial charge in [-0.1, -0.05) is 24.6 Å². The predicted molar refractivity (Wildman–Crippen MR) is 86.9 cm³/mol. The molecule has 1 unspecified atom stereocenters. The van der Waals surface area contributed by atoms with E-state index in [0.717, 1.165) is 19.3 Å². The fourth-order valence-electron chi connectivity index (χ4n) is 3.45. The molecular weight excluding hydrogens is 244 g/mol. The van der Waals surface area contributed by atoms with Crippen molar-refractivity contribution in [2.45, 2.75) is 38.5 Å². The number of H-pyrrole nitrogens is 1. The summed E-state index contributed by atoms with van der Waals surface area (Å²) in [6.07, 6.45) is 5.22. The number of benzene rings is 1. The fourth-order valence-corrected chi connectivity index (χ4v) is 3.45. The Balaban J connectivity index is 2.33. The molecule has 0 saturated carbocycles. The highest BCUT2D eigenvalue weighted by atomic mass is 14.8. The Kier molecular flexibility index (Phi) is 3.04. The summed E-state index contributed by atoms with van der Waals surface area (Å²) >= 11 is 0. The van der Waals surface area contributed by atoms with E-state index in [1.54, 1.807) is 0 Å². The van der Waals surface area contributed by atoms with E-state index in [1.165, 1.54) is 33.4 Å². The van der Waals surface area contributed by atoms with E-state index in [1.807, 2.05) is 13.1 Å². The molecule has 20 heavy (non-hydrogen) atoms. The second kappa shape index (κ2) is 4.62. The van der Waals surface area contributed by atoms with Crippen molar-refractivity contribution in [2.24, 2.45) is 4.99 Å². The zero-order chi connectivity index (χ0) is 14.3. The van der Waals surface area contributed by atoms with Gasteiger partial charge in [-0.2, -0.15) is 0 Å². The number of aromatic nitrogens is 1. The fraction of sp³-hybridized carbons (Fsp3) is 0.389. The quantitative estimate of drug-likeness (QED) is 0.774. The van der Waals surface area contributed by atoms with Crippen molar-refractivity contribution >= 4 is 16.6 Å². The first-order valence-electron chi connectivity index (χ1n) is 7.29. The third kappa shape index (κ3) is 1.82. The third-order valence-corrected chi connectivity index (χ3v) is 4.62. The number of nitrogens with zero attached hydrogens (tertiary/aromatic N) is 1. The molecule has 104 valence electrons. The Labute approximate surface area is 120 Å². The van der Waals surface area contributed by atoms with Crippen LogP contribution in [0, 0.1) is 6.92 Å². The van der Waals surface area contributed by atoms with Crippen LogP contribution in [-0.4, -0.2) is 17.7 Å². The second-order valence-electron chi connectivity index (χ2n) is 6.15. The van der Waals surface area contributed by atoms with E-state index in [9.17, 15) is 0 Å². The number of allylic oxidation sites excluding steroid dienone is 1. The van der Waals surface area contributed by atoms with Crippen LogP contribution < -0.4 is 0 Å². The average Bonchev–Trinajstić information content (AvgIpc) is 2.80. The molecule has 2 heteroatoms. The number of aryl methyl sites for hydroxylation is 1. The molecule has 1 atom stereocenters. The van der Waals surface area contributed by atoms with Crippen molar-refractivity contribution in [3.05, 3.63) is 47.7 Å². The van der Waals surface area contributed by atoms with Crippen LogP contribution in [0.1, 0.15) is 43.0 Å². The van der Waals surface area contributed by atoms with E-state index in [-0.39, 0.29) is 5.41 Å². The molecule has 2 nitrogen and oxygen atoms in total. The summed E-state index contributed by atoms with van der Waals surface area (Å²) in [4.78, 5) is 8.19. The topological polar surface area (TPSA) is 28.1 Å². The van der Waals surface area contributed by atoms with E-state index in [2.05, 4.69) is 48.6 Å². The number of aromatic amines is 1. The molecule has 0 spiro atoms. The summed E-state index contributed by atoms with van der Waals surface area (Å²) in [5.74, 6) is 0. The Morgan fingerprint density at radius 1 is 1.45 bits per heavy atom. The van der Waals surface area contributed by atoms with Crippen LogP contribution in [0.25, 0.3) is 10.9 Å². The average molecular weight is 266 g/mol. The van der Waals surface area contributed by atoms with Gasteiger partial charge in [0.25, 0.3) is 0 Å². The lowest BCUT2D eigenvalue weighted by Gasteiger charge is -2.33. The lowest BCUT2D eigenvalue weighted by atomic mass is 9.72. The molecule has 1 aliphatic rings. The van der Waals surface area contributed by atoms with Crippen molar-refractivity contribution in [1.29, 1.82) is 0 Å². The molecule has 0 amide bonds. The second-order valence-corrected chi connectivity index (χ2v) is 6.15. The molecule has 1 aliphatic carbocycles. The lowest BCUT2D eigenvalue weighted by molar-refractivity contribution is 0.429. The van der Waals surface area contributed by atoms with Crippen LogP contribution in [0.15, 0.2) is 35.8 Å². The van der Waals surface area contributed by atoms with Crippen LogP contribution in [0.2, 0.25) is 0 Å². The van der Waals surface area contributed by atoms with Gasteiger partial charge >= 0.3 is 0 Å². The summed E-state index contributed by atoms with van der Waals surface area (Å²) in [5, 5.41) is 1.32. The van der Waals surface area contributed by atoms with Crippen LogP contribution >= 0.6 is 0 Å². The maximum absolute atomic E-state index is 4.54. The first-order valence-corrected chi connectivity index (χ1v) is 7.29. The van der Waals surface area contributed by atoms with E-state index >= 15 is 0 Å². The van der Waals surface area contributed by atoms with Gasteiger partial charge in [0.1, 0.15) is 0 Å². The van der Waals surface area contributed by atoms with Gasteiger partial charge in [-0.25, -0.2) is 0 Å². The van der Waals surface area contributed by atoms with Crippen LogP contribution in [0.5, 0.6) is 0 Å². The molecule has 0 saturated heterocycles. The van der Waals surface area contributed by atoms with Crippen molar-refractivity contribution in [2.75, 3.05) is 7.05 Å². The smallest absolute Gasteiger partial charge is 0.0463 e. The minimum Gasteiger partial charge on any atom is -0.357 e. The highest BCUT2D eigenvalue weighted by Gasteiger charge is 2.36. The molecule has 0 radical (unpaired) electrons. The summed E-state index contributed by atoms with van der Waals surface area (Å²) in [6.45, 7) is 8.42. The summed E-state index contributed by atoms with van der Waals surface area (Å²) in [5.41, 5.74) is 6.58. The Bertz CT molecular complexity index is 706. The maximum Gasteiger partial charge on any atom is 0.0463 e. The number of hydrogen-bond acceptors (Lipinski definition) is 1. The van der Waals surface area contributed by atoms with Crippen molar-refractivity contribution in [1.82, 2.24) is 4.98 Å². The summed E-state index contributed by atoms with van der Waals surface area (Å²) < 4.78 is 0. The Morgan fingerprint density at radius 2 is 2.25 bits per heavy atom. The molecule has 2 aromatic rings. The van der Waals surface area contributed by atoms with E-state index in [4.69, 9.17) is 0 Å². The molecule has 1 heterocycles. The standard InChI is InChI=1S/C18H22N2/c1-5-9-18(3)10-8-15(19-4)16-13-11-12(2)6-7-14(13)20-17(16)18/h5-7,11,20H,1,8-10H2,2-4H3/b19-15+. The highest BCUT2D eigenvalue weighted by Crippen LogP contribution is 2.42. The largest absolute Gasteiger partial charge is 0.357 e. The van der Waals surface area contributed by atoms with Gasteiger partial charge in [0, 0.05) is 40.3 Å².